The van der Waals surface area contributed by atoms with Crippen molar-refractivity contribution in [3.05, 3.63) is 16.1 Å². The van der Waals surface area contributed by atoms with Gasteiger partial charge in [-0.3, -0.25) is 9.59 Å². The van der Waals surface area contributed by atoms with Crippen LogP contribution in [-0.4, -0.2) is 22.0 Å². The van der Waals surface area contributed by atoms with Gasteiger partial charge in [-0.25, -0.2) is 4.98 Å². The van der Waals surface area contributed by atoms with Crippen LogP contribution in [0.25, 0.3) is 0 Å². The standard InChI is InChI=1S/C16H24N2O3S/c1-16(2,3)12-9-22-13(18-12)8-17-14(19)10-4-6-11(7-5-10)15(20)21/h9-11H,4-8H2,1-3H3,(H,17,19)(H,20,21). The van der Waals surface area contributed by atoms with Crippen LogP contribution in [0.4, 0.5) is 0 Å². The molecule has 6 heteroatoms. The number of nitrogens with one attached hydrogen (secondary N) is 1. The van der Waals surface area contributed by atoms with E-state index in [1.54, 1.807) is 11.3 Å². The summed E-state index contributed by atoms with van der Waals surface area (Å²) in [7, 11) is 0. The van der Waals surface area contributed by atoms with Gasteiger partial charge in [-0.05, 0) is 25.7 Å². The van der Waals surface area contributed by atoms with Crippen molar-refractivity contribution in [1.29, 1.82) is 0 Å². The van der Waals surface area contributed by atoms with Gasteiger partial charge in [0.2, 0.25) is 5.91 Å². The number of aliphatic carboxylic acids is 1. The molecule has 2 N–H and O–H groups in total. The van der Waals surface area contributed by atoms with Crippen molar-refractivity contribution in [2.45, 2.75) is 58.4 Å². The number of rotatable bonds is 4. The van der Waals surface area contributed by atoms with Gasteiger partial charge in [-0.2, -0.15) is 0 Å². The largest absolute Gasteiger partial charge is 0.481 e. The van der Waals surface area contributed by atoms with Crippen LogP contribution in [0, 0.1) is 11.8 Å². The lowest BCUT2D eigenvalue weighted by atomic mass is 9.81. The van der Waals surface area contributed by atoms with Gasteiger partial charge in [-0.15, -0.1) is 11.3 Å². The molecule has 0 saturated heterocycles. The normalized spacial score (nSPS) is 22.3. The van der Waals surface area contributed by atoms with Crippen molar-refractivity contribution < 1.29 is 14.7 Å². The first-order valence-electron chi connectivity index (χ1n) is 7.73. The Morgan fingerprint density at radius 2 is 1.86 bits per heavy atom. The summed E-state index contributed by atoms with van der Waals surface area (Å²) in [5.41, 5.74) is 1.07. The minimum atomic E-state index is -0.739. The second-order valence-corrected chi connectivity index (χ2v) is 7.92. The first kappa shape index (κ1) is 16.9. The van der Waals surface area contributed by atoms with Gasteiger partial charge in [0.05, 0.1) is 18.2 Å². The highest BCUT2D eigenvalue weighted by molar-refractivity contribution is 7.09. The van der Waals surface area contributed by atoms with Gasteiger partial charge in [0.15, 0.2) is 0 Å². The molecule has 5 nitrogen and oxygen atoms in total. The maximum absolute atomic E-state index is 12.2. The third-order valence-corrected chi connectivity index (χ3v) is 5.03. The summed E-state index contributed by atoms with van der Waals surface area (Å²) in [6.07, 6.45) is 2.51. The van der Waals surface area contributed by atoms with E-state index in [4.69, 9.17) is 5.11 Å². The van der Waals surface area contributed by atoms with E-state index in [1.807, 2.05) is 5.38 Å². The van der Waals surface area contributed by atoms with E-state index in [2.05, 4.69) is 31.1 Å². The predicted molar refractivity (Wildman–Crippen MR) is 85.7 cm³/mol. The van der Waals surface area contributed by atoms with Crippen molar-refractivity contribution in [1.82, 2.24) is 10.3 Å². The number of carboxylic acids is 1. The minimum absolute atomic E-state index is 0.0218. The number of thiazole rings is 1. The predicted octanol–water partition coefficient (Wildman–Crippen LogP) is 2.95. The number of nitrogens with zero attached hydrogens (tertiary/aromatic N) is 1. The monoisotopic (exact) mass is 324 g/mol. The van der Waals surface area contributed by atoms with Crippen molar-refractivity contribution in [2.75, 3.05) is 0 Å². The summed E-state index contributed by atoms with van der Waals surface area (Å²) in [5.74, 6) is -1.05. The summed E-state index contributed by atoms with van der Waals surface area (Å²) in [6, 6.07) is 0. The Morgan fingerprint density at radius 3 is 2.36 bits per heavy atom. The highest BCUT2D eigenvalue weighted by Gasteiger charge is 2.29. The molecule has 0 radical (unpaired) electrons. The van der Waals surface area contributed by atoms with Gasteiger partial charge >= 0.3 is 5.97 Å². The first-order valence-corrected chi connectivity index (χ1v) is 8.60. The van der Waals surface area contributed by atoms with Crippen LogP contribution in [0.3, 0.4) is 0 Å². The molecule has 1 aromatic rings. The first-order chi connectivity index (χ1) is 10.3. The number of carbonyl (C=O) groups excluding carboxylic acids is 1. The summed E-state index contributed by atoms with van der Waals surface area (Å²) in [6.45, 7) is 6.81. The Labute approximate surface area is 135 Å². The molecule has 1 saturated carbocycles. The highest BCUT2D eigenvalue weighted by Crippen LogP contribution is 2.29. The third-order valence-electron chi connectivity index (χ3n) is 4.18. The maximum Gasteiger partial charge on any atom is 0.306 e. The molecule has 1 amide bonds. The number of hydrogen-bond donors (Lipinski definition) is 2. The van der Waals surface area contributed by atoms with Gasteiger partial charge in [-0.1, -0.05) is 20.8 Å². The lowest BCUT2D eigenvalue weighted by Crippen LogP contribution is -2.34. The molecule has 0 unspecified atom stereocenters. The molecule has 0 atom stereocenters. The zero-order valence-electron chi connectivity index (χ0n) is 13.4. The zero-order valence-corrected chi connectivity index (χ0v) is 14.2. The number of amides is 1. The molecule has 0 aliphatic heterocycles. The van der Waals surface area contributed by atoms with E-state index in [0.29, 0.717) is 32.2 Å². The second kappa shape index (κ2) is 6.77. The van der Waals surface area contributed by atoms with Gasteiger partial charge in [0, 0.05) is 16.7 Å². The van der Waals surface area contributed by atoms with Crippen LogP contribution in [0.1, 0.15) is 57.2 Å². The molecule has 1 fully saturated rings. The molecule has 0 spiro atoms. The molecule has 0 aromatic carbocycles. The maximum atomic E-state index is 12.2. The Bertz CT molecular complexity index is 540. The van der Waals surface area contributed by atoms with Crippen LogP contribution < -0.4 is 5.32 Å². The summed E-state index contributed by atoms with van der Waals surface area (Å²) in [4.78, 5) is 27.6. The molecule has 2 rings (SSSR count). The quantitative estimate of drug-likeness (QED) is 0.892. The van der Waals surface area contributed by atoms with Crippen molar-refractivity contribution in [3.8, 4) is 0 Å². The Balaban J connectivity index is 1.81. The smallest absolute Gasteiger partial charge is 0.306 e. The van der Waals surface area contributed by atoms with E-state index in [9.17, 15) is 9.59 Å². The number of carbonyl (C=O) groups is 2. The van der Waals surface area contributed by atoms with Crippen LogP contribution in [0.2, 0.25) is 0 Å². The van der Waals surface area contributed by atoms with E-state index in [1.165, 1.54) is 0 Å². The average Bonchev–Trinajstić information content (AvgIpc) is 2.94. The lowest BCUT2D eigenvalue weighted by Gasteiger charge is -2.25. The fourth-order valence-electron chi connectivity index (χ4n) is 2.65. The average molecular weight is 324 g/mol. The Kier molecular flexibility index (Phi) is 5.21. The van der Waals surface area contributed by atoms with Crippen molar-refractivity contribution in [3.63, 3.8) is 0 Å². The molecule has 1 aliphatic rings. The van der Waals surface area contributed by atoms with Gasteiger partial charge in [0.25, 0.3) is 0 Å². The Hall–Kier alpha value is -1.43. The molecule has 1 aromatic heterocycles. The van der Waals surface area contributed by atoms with Gasteiger partial charge < -0.3 is 10.4 Å². The van der Waals surface area contributed by atoms with E-state index >= 15 is 0 Å². The Morgan fingerprint density at radius 1 is 1.27 bits per heavy atom. The molecule has 22 heavy (non-hydrogen) atoms. The summed E-state index contributed by atoms with van der Waals surface area (Å²) < 4.78 is 0. The second-order valence-electron chi connectivity index (χ2n) is 6.98. The lowest BCUT2D eigenvalue weighted by molar-refractivity contribution is -0.144. The molecular weight excluding hydrogens is 300 g/mol. The molecule has 1 aliphatic carbocycles. The molecular formula is C16H24N2O3S. The fourth-order valence-corrected chi connectivity index (χ4v) is 3.61. The van der Waals surface area contributed by atoms with E-state index in [0.717, 1.165) is 10.7 Å². The number of carboxylic acid groups (broad SMARTS) is 1. The zero-order chi connectivity index (χ0) is 16.3. The van der Waals surface area contributed by atoms with E-state index in [-0.39, 0.29) is 23.2 Å². The number of hydrogen-bond acceptors (Lipinski definition) is 4. The summed E-state index contributed by atoms with van der Waals surface area (Å²) >= 11 is 1.57. The SMILES string of the molecule is CC(C)(C)c1csc(CNC(=O)C2CCC(C(=O)O)CC2)n1. The van der Waals surface area contributed by atoms with E-state index < -0.39 is 5.97 Å². The van der Waals surface area contributed by atoms with Crippen molar-refractivity contribution >= 4 is 23.2 Å². The molecule has 0 bridgehead atoms. The minimum Gasteiger partial charge on any atom is -0.481 e. The van der Waals surface area contributed by atoms with Crippen LogP contribution in [-0.2, 0) is 21.5 Å². The van der Waals surface area contributed by atoms with Crippen LogP contribution in [0.5, 0.6) is 0 Å². The van der Waals surface area contributed by atoms with Crippen LogP contribution in [0.15, 0.2) is 5.38 Å². The van der Waals surface area contributed by atoms with Gasteiger partial charge in [0.1, 0.15) is 5.01 Å². The van der Waals surface area contributed by atoms with Crippen LogP contribution >= 0.6 is 11.3 Å². The highest BCUT2D eigenvalue weighted by atomic mass is 32.1. The molecule has 122 valence electrons. The summed E-state index contributed by atoms with van der Waals surface area (Å²) in [5, 5.41) is 14.9. The third kappa shape index (κ3) is 4.29. The topological polar surface area (TPSA) is 79.3 Å². The van der Waals surface area contributed by atoms with Crippen molar-refractivity contribution in [2.24, 2.45) is 11.8 Å². The molecule has 1 heterocycles. The number of aromatic nitrogens is 1. The fraction of sp³-hybridized carbons (Fsp3) is 0.688.